The van der Waals surface area contributed by atoms with Crippen LogP contribution in [0.15, 0.2) is 60.9 Å². The minimum Gasteiger partial charge on any atom is -0.492 e. The highest BCUT2D eigenvalue weighted by Gasteiger charge is 2.05. The first-order valence-corrected chi connectivity index (χ1v) is 9.75. The third-order valence-electron chi connectivity index (χ3n) is 4.08. The van der Waals surface area contributed by atoms with Gasteiger partial charge in [0.1, 0.15) is 5.75 Å². The van der Waals surface area contributed by atoms with Crippen molar-refractivity contribution in [2.24, 2.45) is 0 Å². The third-order valence-corrected chi connectivity index (χ3v) is 4.61. The van der Waals surface area contributed by atoms with E-state index in [0.717, 1.165) is 11.1 Å². The molecule has 5 nitrogen and oxygen atoms in total. The molecule has 0 unspecified atom stereocenters. The molecule has 2 aromatic carbocycles. The summed E-state index contributed by atoms with van der Waals surface area (Å²) in [6, 6.07) is 15.1. The van der Waals surface area contributed by atoms with E-state index in [1.807, 2.05) is 35.1 Å². The van der Waals surface area contributed by atoms with Crippen LogP contribution in [0, 0.1) is 0 Å². The monoisotopic (exact) mass is 417 g/mol. The molecular weight excluding hydrogens is 397 g/mol. The Hall–Kier alpha value is -2.50. The van der Waals surface area contributed by atoms with Gasteiger partial charge in [-0.25, -0.2) is 0 Å². The van der Waals surface area contributed by atoms with Crippen molar-refractivity contribution < 1.29 is 9.53 Å². The number of carbonyl (C=O) groups excluding carboxylic acids is 1. The van der Waals surface area contributed by atoms with Crippen LogP contribution in [-0.2, 0) is 17.9 Å². The topological polar surface area (TPSA) is 56.1 Å². The normalized spacial score (nSPS) is 10.6. The van der Waals surface area contributed by atoms with Crippen LogP contribution in [0.4, 0.5) is 0 Å². The Bertz CT molecular complexity index is 914. The van der Waals surface area contributed by atoms with E-state index in [4.69, 9.17) is 27.9 Å². The van der Waals surface area contributed by atoms with Gasteiger partial charge in [0.15, 0.2) is 0 Å². The van der Waals surface area contributed by atoms with Crippen molar-refractivity contribution in [1.29, 1.82) is 0 Å². The fourth-order valence-electron chi connectivity index (χ4n) is 2.72. The van der Waals surface area contributed by atoms with Crippen LogP contribution >= 0.6 is 23.2 Å². The highest BCUT2D eigenvalue weighted by atomic mass is 35.5. The second kappa shape index (κ2) is 10.2. The highest BCUT2D eigenvalue weighted by molar-refractivity contribution is 6.35. The SMILES string of the molecule is O=C(CCCOc1ccc(Cl)cc1Cl)NCc1cccc(Cn2cccn2)c1. The van der Waals surface area contributed by atoms with Gasteiger partial charge in [-0.05, 0) is 41.8 Å². The fraction of sp³-hybridized carbons (Fsp3) is 0.238. The van der Waals surface area contributed by atoms with Gasteiger partial charge in [-0.1, -0.05) is 47.5 Å². The van der Waals surface area contributed by atoms with Gasteiger partial charge in [-0.3, -0.25) is 9.48 Å². The zero-order chi connectivity index (χ0) is 19.8. The zero-order valence-electron chi connectivity index (χ0n) is 15.3. The molecule has 0 aliphatic heterocycles. The Balaban J connectivity index is 1.38. The number of benzene rings is 2. The Kier molecular flexibility index (Phi) is 7.34. The number of nitrogens with zero attached hydrogens (tertiary/aromatic N) is 2. The summed E-state index contributed by atoms with van der Waals surface area (Å²) in [6.07, 6.45) is 4.67. The minimum atomic E-state index is -0.0108. The zero-order valence-corrected chi connectivity index (χ0v) is 16.8. The summed E-state index contributed by atoms with van der Waals surface area (Å²) in [4.78, 5) is 12.1. The molecule has 1 aromatic heterocycles. The predicted octanol–water partition coefficient (Wildman–Crippen LogP) is 4.71. The first-order chi connectivity index (χ1) is 13.6. The summed E-state index contributed by atoms with van der Waals surface area (Å²) >= 11 is 11.9. The molecule has 0 spiro atoms. The number of halogens is 2. The lowest BCUT2D eigenvalue weighted by Crippen LogP contribution is -2.23. The molecule has 1 heterocycles. The van der Waals surface area contributed by atoms with Crippen molar-refractivity contribution in [3.05, 3.63) is 82.1 Å². The maximum Gasteiger partial charge on any atom is 0.220 e. The van der Waals surface area contributed by atoms with E-state index >= 15 is 0 Å². The van der Waals surface area contributed by atoms with E-state index in [0.29, 0.717) is 48.3 Å². The lowest BCUT2D eigenvalue weighted by Gasteiger charge is -2.09. The molecule has 0 atom stereocenters. The standard InChI is InChI=1S/C21H21Cl2N3O2/c22-18-7-8-20(19(23)13-18)28-11-2-6-21(27)24-14-16-4-1-5-17(12-16)15-26-10-3-9-25-26/h1,3-5,7-10,12-13H,2,6,11,14-15H2,(H,24,27). The lowest BCUT2D eigenvalue weighted by molar-refractivity contribution is -0.121. The number of hydrogen-bond donors (Lipinski definition) is 1. The summed E-state index contributed by atoms with van der Waals surface area (Å²) in [5.74, 6) is 0.559. The van der Waals surface area contributed by atoms with Crippen molar-refractivity contribution in [2.75, 3.05) is 6.61 Å². The van der Waals surface area contributed by atoms with E-state index in [-0.39, 0.29) is 5.91 Å². The van der Waals surface area contributed by atoms with E-state index in [1.54, 1.807) is 24.4 Å². The van der Waals surface area contributed by atoms with Gasteiger partial charge in [-0.15, -0.1) is 0 Å². The van der Waals surface area contributed by atoms with Crippen LogP contribution in [0.2, 0.25) is 10.0 Å². The van der Waals surface area contributed by atoms with E-state index in [2.05, 4.69) is 16.5 Å². The lowest BCUT2D eigenvalue weighted by atomic mass is 10.1. The number of amides is 1. The van der Waals surface area contributed by atoms with Crippen molar-refractivity contribution in [1.82, 2.24) is 15.1 Å². The van der Waals surface area contributed by atoms with Gasteiger partial charge in [0, 0.05) is 30.4 Å². The van der Waals surface area contributed by atoms with Crippen LogP contribution in [-0.4, -0.2) is 22.3 Å². The molecule has 1 N–H and O–H groups in total. The molecule has 28 heavy (non-hydrogen) atoms. The average molecular weight is 418 g/mol. The van der Waals surface area contributed by atoms with Crippen LogP contribution in [0.1, 0.15) is 24.0 Å². The Morgan fingerprint density at radius 2 is 1.96 bits per heavy atom. The van der Waals surface area contributed by atoms with Crippen molar-refractivity contribution in [2.45, 2.75) is 25.9 Å². The highest BCUT2D eigenvalue weighted by Crippen LogP contribution is 2.27. The smallest absolute Gasteiger partial charge is 0.220 e. The van der Waals surface area contributed by atoms with Gasteiger partial charge in [0.05, 0.1) is 18.2 Å². The second-order valence-corrected chi connectivity index (χ2v) is 7.17. The quantitative estimate of drug-likeness (QED) is 0.512. The number of rotatable bonds is 9. The molecule has 1 amide bonds. The number of aromatic nitrogens is 2. The van der Waals surface area contributed by atoms with Gasteiger partial charge in [0.2, 0.25) is 5.91 Å². The fourth-order valence-corrected chi connectivity index (χ4v) is 3.18. The van der Waals surface area contributed by atoms with Crippen molar-refractivity contribution >= 4 is 29.1 Å². The molecule has 146 valence electrons. The number of nitrogens with one attached hydrogen (secondary N) is 1. The summed E-state index contributed by atoms with van der Waals surface area (Å²) in [5.41, 5.74) is 2.20. The summed E-state index contributed by atoms with van der Waals surface area (Å²) in [7, 11) is 0. The molecule has 0 radical (unpaired) electrons. The minimum absolute atomic E-state index is 0.0108. The molecule has 3 aromatic rings. The molecule has 0 aliphatic rings. The molecule has 0 aliphatic carbocycles. The van der Waals surface area contributed by atoms with Crippen LogP contribution in [0.5, 0.6) is 5.75 Å². The maximum absolute atomic E-state index is 12.1. The van der Waals surface area contributed by atoms with Crippen molar-refractivity contribution in [3.63, 3.8) is 0 Å². The Morgan fingerprint density at radius 1 is 1.11 bits per heavy atom. The Labute approximate surface area is 174 Å². The molecule has 0 saturated heterocycles. The van der Waals surface area contributed by atoms with Gasteiger partial charge in [0.25, 0.3) is 0 Å². The van der Waals surface area contributed by atoms with Crippen molar-refractivity contribution in [3.8, 4) is 5.75 Å². The summed E-state index contributed by atoms with van der Waals surface area (Å²) in [6.45, 7) is 1.61. The van der Waals surface area contributed by atoms with Gasteiger partial charge >= 0.3 is 0 Å². The van der Waals surface area contributed by atoms with Crippen LogP contribution in [0.3, 0.4) is 0 Å². The van der Waals surface area contributed by atoms with Crippen LogP contribution < -0.4 is 10.1 Å². The number of ether oxygens (including phenoxy) is 1. The maximum atomic E-state index is 12.1. The largest absolute Gasteiger partial charge is 0.492 e. The van der Waals surface area contributed by atoms with E-state index in [9.17, 15) is 4.79 Å². The molecule has 3 rings (SSSR count). The predicted molar refractivity (Wildman–Crippen MR) is 111 cm³/mol. The Morgan fingerprint density at radius 3 is 2.75 bits per heavy atom. The van der Waals surface area contributed by atoms with E-state index < -0.39 is 0 Å². The molecular formula is C21H21Cl2N3O2. The molecule has 7 heteroatoms. The third kappa shape index (κ3) is 6.29. The summed E-state index contributed by atoms with van der Waals surface area (Å²) in [5, 5.41) is 8.18. The summed E-state index contributed by atoms with van der Waals surface area (Å²) < 4.78 is 7.46. The van der Waals surface area contributed by atoms with E-state index in [1.165, 1.54) is 0 Å². The number of hydrogen-bond acceptors (Lipinski definition) is 3. The molecule has 0 fully saturated rings. The second-order valence-electron chi connectivity index (χ2n) is 6.33. The first kappa shape index (κ1) is 20.2. The molecule has 0 saturated carbocycles. The van der Waals surface area contributed by atoms with Gasteiger partial charge in [-0.2, -0.15) is 5.10 Å². The first-order valence-electron chi connectivity index (χ1n) is 9.00. The molecule has 0 bridgehead atoms. The van der Waals surface area contributed by atoms with Gasteiger partial charge < -0.3 is 10.1 Å². The number of carbonyl (C=O) groups is 1. The van der Waals surface area contributed by atoms with Crippen LogP contribution in [0.25, 0.3) is 0 Å². The average Bonchev–Trinajstić information content (AvgIpc) is 3.18.